The van der Waals surface area contributed by atoms with Crippen LogP contribution in [-0.4, -0.2) is 44.3 Å². The molecule has 1 atom stereocenters. The molecular weight excluding hydrogens is 694 g/mol. The summed E-state index contributed by atoms with van der Waals surface area (Å²) in [4.78, 5) is 29.5. The van der Waals surface area contributed by atoms with E-state index >= 15 is 0 Å². The third-order valence-electron chi connectivity index (χ3n) is 6.85. The summed E-state index contributed by atoms with van der Waals surface area (Å²) in [7, 11) is -4.15. The van der Waals surface area contributed by atoms with Crippen LogP contribution in [0.2, 0.25) is 0 Å². The summed E-state index contributed by atoms with van der Waals surface area (Å²) in [5.41, 5.74) is 2.90. The standard InChI is InChI=1S/C33H33Br2N3O4S/c1-3-36-33(40)31(20-25-9-5-4-6-10-25)37(22-26-11-7-12-27(34)19-26)32(39)23-38(29-14-8-13-28(35)21-29)43(41,42)30-17-15-24(2)16-18-30/h4-19,21,31H,3,20,22-23H2,1-2H3,(H,36,40)/t31-/m0/s1. The normalized spacial score (nSPS) is 11.9. The molecule has 2 amide bonds. The third kappa shape index (κ3) is 8.55. The molecule has 0 aliphatic heterocycles. The van der Waals surface area contributed by atoms with Gasteiger partial charge in [-0.15, -0.1) is 0 Å². The van der Waals surface area contributed by atoms with Gasteiger partial charge in [0.2, 0.25) is 11.8 Å². The number of hydrogen-bond acceptors (Lipinski definition) is 4. The average molecular weight is 728 g/mol. The van der Waals surface area contributed by atoms with Gasteiger partial charge in [-0.1, -0.05) is 98.1 Å². The minimum Gasteiger partial charge on any atom is -0.355 e. The maximum Gasteiger partial charge on any atom is 0.264 e. The summed E-state index contributed by atoms with van der Waals surface area (Å²) in [6.07, 6.45) is 0.258. The second-order valence-electron chi connectivity index (χ2n) is 10.1. The van der Waals surface area contributed by atoms with E-state index in [-0.39, 0.29) is 23.8 Å². The van der Waals surface area contributed by atoms with Crippen LogP contribution < -0.4 is 9.62 Å². The van der Waals surface area contributed by atoms with E-state index in [1.807, 2.05) is 68.4 Å². The fourth-order valence-corrected chi connectivity index (χ4v) is 6.92. The first-order chi connectivity index (χ1) is 20.6. The van der Waals surface area contributed by atoms with Gasteiger partial charge in [-0.2, -0.15) is 0 Å². The van der Waals surface area contributed by atoms with Crippen molar-refractivity contribution in [3.05, 3.63) is 129 Å². The maximum atomic E-state index is 14.4. The Morgan fingerprint density at radius 1 is 0.814 bits per heavy atom. The number of benzene rings is 4. The Kier molecular flexibility index (Phi) is 11.2. The Hall–Kier alpha value is -3.47. The first kappa shape index (κ1) is 32.4. The quantitative estimate of drug-likeness (QED) is 0.181. The predicted octanol–water partition coefficient (Wildman–Crippen LogP) is 6.49. The molecular formula is C33H33Br2N3O4S. The van der Waals surface area contributed by atoms with Crippen LogP contribution in [0.4, 0.5) is 5.69 Å². The highest BCUT2D eigenvalue weighted by atomic mass is 79.9. The van der Waals surface area contributed by atoms with E-state index in [0.717, 1.165) is 25.5 Å². The maximum absolute atomic E-state index is 14.4. The molecule has 224 valence electrons. The van der Waals surface area contributed by atoms with E-state index in [0.29, 0.717) is 16.7 Å². The van der Waals surface area contributed by atoms with Crippen molar-refractivity contribution >= 4 is 59.4 Å². The highest BCUT2D eigenvalue weighted by Gasteiger charge is 2.34. The second-order valence-corrected chi connectivity index (χ2v) is 13.7. The number of anilines is 1. The molecule has 4 aromatic carbocycles. The Bertz CT molecular complexity index is 1670. The molecule has 1 N–H and O–H groups in total. The minimum absolute atomic E-state index is 0.0639. The Balaban J connectivity index is 1.80. The van der Waals surface area contributed by atoms with Crippen molar-refractivity contribution in [2.24, 2.45) is 0 Å². The molecule has 0 unspecified atom stereocenters. The summed E-state index contributed by atoms with van der Waals surface area (Å²) < 4.78 is 30.7. The zero-order chi connectivity index (χ0) is 31.0. The predicted molar refractivity (Wildman–Crippen MR) is 177 cm³/mol. The van der Waals surface area contributed by atoms with Crippen molar-refractivity contribution in [1.82, 2.24) is 10.2 Å². The molecule has 0 saturated carbocycles. The zero-order valence-electron chi connectivity index (χ0n) is 23.9. The van der Waals surface area contributed by atoms with Gasteiger partial charge in [-0.05, 0) is 67.4 Å². The lowest BCUT2D eigenvalue weighted by molar-refractivity contribution is -0.140. The molecule has 10 heteroatoms. The van der Waals surface area contributed by atoms with Crippen LogP contribution in [0.15, 0.2) is 117 Å². The van der Waals surface area contributed by atoms with E-state index in [2.05, 4.69) is 37.2 Å². The van der Waals surface area contributed by atoms with E-state index in [1.54, 1.807) is 36.4 Å². The van der Waals surface area contributed by atoms with Crippen LogP contribution in [0.3, 0.4) is 0 Å². The van der Waals surface area contributed by atoms with Crippen molar-refractivity contribution in [3.63, 3.8) is 0 Å². The van der Waals surface area contributed by atoms with Crippen molar-refractivity contribution in [3.8, 4) is 0 Å². The van der Waals surface area contributed by atoms with Gasteiger partial charge < -0.3 is 10.2 Å². The van der Waals surface area contributed by atoms with Gasteiger partial charge >= 0.3 is 0 Å². The Morgan fingerprint density at radius 2 is 1.44 bits per heavy atom. The number of sulfonamides is 1. The lowest BCUT2D eigenvalue weighted by Gasteiger charge is -2.34. The molecule has 0 saturated heterocycles. The number of carbonyl (C=O) groups is 2. The number of halogens is 2. The SMILES string of the molecule is CCNC(=O)[C@H](Cc1ccccc1)N(Cc1cccc(Br)c1)C(=O)CN(c1cccc(Br)c1)S(=O)(=O)c1ccc(C)cc1. The average Bonchev–Trinajstić information content (AvgIpc) is 2.98. The van der Waals surface area contributed by atoms with Crippen LogP contribution in [0.1, 0.15) is 23.6 Å². The van der Waals surface area contributed by atoms with Crippen LogP contribution in [0.25, 0.3) is 0 Å². The lowest BCUT2D eigenvalue weighted by atomic mass is 10.0. The molecule has 43 heavy (non-hydrogen) atoms. The Labute approximate surface area is 270 Å². The van der Waals surface area contributed by atoms with Gasteiger partial charge in [0, 0.05) is 28.5 Å². The molecule has 0 fully saturated rings. The van der Waals surface area contributed by atoms with Crippen LogP contribution in [-0.2, 0) is 32.6 Å². The Morgan fingerprint density at radius 3 is 2.07 bits per heavy atom. The molecule has 0 spiro atoms. The number of amides is 2. The number of likely N-dealkylation sites (N-methyl/N-ethyl adjacent to an activating group) is 1. The lowest BCUT2D eigenvalue weighted by Crippen LogP contribution is -2.53. The number of aryl methyl sites for hydroxylation is 1. The largest absolute Gasteiger partial charge is 0.355 e. The number of hydrogen-bond donors (Lipinski definition) is 1. The first-order valence-electron chi connectivity index (χ1n) is 13.8. The zero-order valence-corrected chi connectivity index (χ0v) is 27.9. The summed E-state index contributed by atoms with van der Waals surface area (Å²) in [6.45, 7) is 3.67. The highest BCUT2D eigenvalue weighted by Crippen LogP contribution is 2.28. The first-order valence-corrected chi connectivity index (χ1v) is 16.8. The molecule has 0 aromatic heterocycles. The highest BCUT2D eigenvalue weighted by molar-refractivity contribution is 9.10. The smallest absolute Gasteiger partial charge is 0.264 e. The number of rotatable bonds is 12. The van der Waals surface area contributed by atoms with Crippen molar-refractivity contribution < 1.29 is 18.0 Å². The molecule has 0 bridgehead atoms. The molecule has 0 aliphatic carbocycles. The molecule has 4 aromatic rings. The number of carbonyl (C=O) groups excluding carboxylic acids is 2. The van der Waals surface area contributed by atoms with Crippen molar-refractivity contribution in [2.45, 2.75) is 37.8 Å². The van der Waals surface area contributed by atoms with E-state index < -0.39 is 28.5 Å². The molecule has 4 rings (SSSR count). The molecule has 0 aliphatic rings. The number of nitrogens with zero attached hydrogens (tertiary/aromatic N) is 2. The fourth-order valence-electron chi connectivity index (χ4n) is 4.68. The third-order valence-corrected chi connectivity index (χ3v) is 9.62. The summed E-state index contributed by atoms with van der Waals surface area (Å²) >= 11 is 6.93. The van der Waals surface area contributed by atoms with Crippen molar-refractivity contribution in [2.75, 3.05) is 17.4 Å². The second kappa shape index (κ2) is 14.8. The summed E-state index contributed by atoms with van der Waals surface area (Å²) in [5.74, 6) is -0.826. The van der Waals surface area contributed by atoms with Crippen LogP contribution in [0.5, 0.6) is 0 Å². The topological polar surface area (TPSA) is 86.8 Å². The van der Waals surface area contributed by atoms with Gasteiger partial charge in [-0.3, -0.25) is 13.9 Å². The van der Waals surface area contributed by atoms with Gasteiger partial charge in [0.1, 0.15) is 12.6 Å². The summed E-state index contributed by atoms with van der Waals surface area (Å²) in [5, 5.41) is 2.87. The van der Waals surface area contributed by atoms with E-state index in [9.17, 15) is 18.0 Å². The molecule has 7 nitrogen and oxygen atoms in total. The molecule has 0 radical (unpaired) electrons. The van der Waals surface area contributed by atoms with Gasteiger partial charge in [-0.25, -0.2) is 8.42 Å². The minimum atomic E-state index is -4.15. The van der Waals surface area contributed by atoms with Crippen molar-refractivity contribution in [1.29, 1.82) is 0 Å². The molecule has 0 heterocycles. The van der Waals surface area contributed by atoms with Gasteiger partial charge in [0.15, 0.2) is 0 Å². The van der Waals surface area contributed by atoms with E-state index in [4.69, 9.17) is 0 Å². The van der Waals surface area contributed by atoms with Crippen LogP contribution >= 0.6 is 31.9 Å². The van der Waals surface area contributed by atoms with Gasteiger partial charge in [0.05, 0.1) is 10.6 Å². The van der Waals surface area contributed by atoms with E-state index in [1.165, 1.54) is 17.0 Å². The monoisotopic (exact) mass is 725 g/mol. The van der Waals surface area contributed by atoms with Gasteiger partial charge in [0.25, 0.3) is 10.0 Å². The number of nitrogens with one attached hydrogen (secondary N) is 1. The van der Waals surface area contributed by atoms with Crippen LogP contribution in [0, 0.1) is 6.92 Å². The fraction of sp³-hybridized carbons (Fsp3) is 0.212. The summed E-state index contributed by atoms with van der Waals surface area (Å²) in [6, 6.07) is 29.4.